The van der Waals surface area contributed by atoms with Gasteiger partial charge in [0, 0.05) is 11.1 Å². The molecule has 1 atom stereocenters. The van der Waals surface area contributed by atoms with Crippen molar-refractivity contribution >= 4 is 60.6 Å². The van der Waals surface area contributed by atoms with E-state index in [0.717, 1.165) is 10.4 Å². The molecule has 0 saturated carbocycles. The Morgan fingerprint density at radius 3 is 2.46 bits per heavy atom. The zero-order valence-corrected chi connectivity index (χ0v) is 21.5. The lowest BCUT2D eigenvalue weighted by Gasteiger charge is -2.24. The van der Waals surface area contributed by atoms with Crippen LogP contribution in [0.1, 0.15) is 16.8 Å². The Kier molecular flexibility index (Phi) is 8.47. The molecule has 35 heavy (non-hydrogen) atoms. The Morgan fingerprint density at radius 1 is 1.17 bits per heavy atom. The number of sulfone groups is 1. The number of esters is 1. The lowest BCUT2D eigenvalue weighted by atomic mass is 10.2. The van der Waals surface area contributed by atoms with Gasteiger partial charge in [0.05, 0.1) is 34.3 Å². The second-order valence-electron chi connectivity index (χ2n) is 7.69. The highest BCUT2D eigenvalue weighted by molar-refractivity contribution is 7.93. The molecule has 0 unspecified atom stereocenters. The summed E-state index contributed by atoms with van der Waals surface area (Å²) in [5, 5.41) is 2.80. The van der Waals surface area contributed by atoms with Crippen molar-refractivity contribution in [3.63, 3.8) is 0 Å². The molecule has 0 bridgehead atoms. The molecule has 1 N–H and O–H groups in total. The second kappa shape index (κ2) is 11.0. The summed E-state index contributed by atoms with van der Waals surface area (Å²) >= 11 is 12.1. The number of carbonyl (C=O) groups excluding carboxylic acids is 2. The number of halogens is 2. The molecule has 1 saturated heterocycles. The number of anilines is 1. The quantitative estimate of drug-likeness (QED) is 0.369. The standard InChI is InChI=1S/C22H22Cl2N2O7S2/c1-2-10-26(18-6-4-16(23)5-7-18)35(31,32)20-12-15(3-8-19(20)24)22(28)33-13-21(27)25-17-9-11-34(29,30)14-17/h2-8,12,17H,1,9-11,13-14H2,(H,25,27)/t17-/m1/s1. The molecular weight excluding hydrogens is 539 g/mol. The highest BCUT2D eigenvalue weighted by atomic mass is 35.5. The number of amides is 1. The Hall–Kier alpha value is -2.60. The maximum Gasteiger partial charge on any atom is 0.338 e. The molecule has 13 heteroatoms. The van der Waals surface area contributed by atoms with E-state index < -0.39 is 44.4 Å². The zero-order valence-electron chi connectivity index (χ0n) is 18.3. The van der Waals surface area contributed by atoms with Crippen molar-refractivity contribution in [2.24, 2.45) is 0 Å². The number of nitrogens with one attached hydrogen (secondary N) is 1. The monoisotopic (exact) mass is 560 g/mol. The third kappa shape index (κ3) is 6.75. The molecule has 3 rings (SSSR count). The number of carbonyl (C=O) groups is 2. The molecule has 0 spiro atoms. The highest BCUT2D eigenvalue weighted by Gasteiger charge is 2.30. The summed E-state index contributed by atoms with van der Waals surface area (Å²) in [6.45, 7) is 2.86. The summed E-state index contributed by atoms with van der Waals surface area (Å²) < 4.78 is 55.8. The van der Waals surface area contributed by atoms with Crippen LogP contribution in [0.4, 0.5) is 5.69 Å². The molecule has 0 aliphatic carbocycles. The summed E-state index contributed by atoms with van der Waals surface area (Å²) in [4.78, 5) is 24.2. The van der Waals surface area contributed by atoms with Crippen molar-refractivity contribution < 1.29 is 31.2 Å². The molecule has 0 aromatic heterocycles. The van der Waals surface area contributed by atoms with Gasteiger partial charge in [-0.25, -0.2) is 21.6 Å². The Morgan fingerprint density at radius 2 is 1.86 bits per heavy atom. The van der Waals surface area contributed by atoms with Gasteiger partial charge in [-0.1, -0.05) is 29.3 Å². The summed E-state index contributed by atoms with van der Waals surface area (Å²) in [5.74, 6) is -1.80. The fourth-order valence-electron chi connectivity index (χ4n) is 3.41. The normalized spacial score (nSPS) is 16.9. The first kappa shape index (κ1) is 27.0. The van der Waals surface area contributed by atoms with Crippen LogP contribution in [-0.4, -0.2) is 59.4 Å². The average molecular weight is 561 g/mol. The first-order chi connectivity index (χ1) is 16.4. The van der Waals surface area contributed by atoms with Gasteiger partial charge in [-0.15, -0.1) is 6.58 Å². The van der Waals surface area contributed by atoms with Crippen LogP contribution in [0.5, 0.6) is 0 Å². The number of ether oxygens (including phenoxy) is 1. The second-order valence-corrected chi connectivity index (χ2v) is 12.6. The van der Waals surface area contributed by atoms with Crippen molar-refractivity contribution in [1.82, 2.24) is 5.32 Å². The fraction of sp³-hybridized carbons (Fsp3) is 0.273. The van der Waals surface area contributed by atoms with Gasteiger partial charge in [0.25, 0.3) is 15.9 Å². The molecule has 188 valence electrons. The van der Waals surface area contributed by atoms with E-state index in [4.69, 9.17) is 27.9 Å². The number of sulfonamides is 1. The van der Waals surface area contributed by atoms with Gasteiger partial charge in [0.1, 0.15) is 4.90 Å². The summed E-state index contributed by atoms with van der Waals surface area (Å²) in [6.07, 6.45) is 1.68. The van der Waals surface area contributed by atoms with Gasteiger partial charge in [-0.05, 0) is 48.9 Å². The molecule has 9 nitrogen and oxygen atoms in total. The molecule has 1 fully saturated rings. The number of hydrogen-bond acceptors (Lipinski definition) is 7. The first-order valence-electron chi connectivity index (χ1n) is 10.3. The number of rotatable bonds is 9. The van der Waals surface area contributed by atoms with Crippen molar-refractivity contribution in [2.45, 2.75) is 17.4 Å². The Labute approximate surface area is 213 Å². The molecular formula is C22H22Cl2N2O7S2. The lowest BCUT2D eigenvalue weighted by Crippen LogP contribution is -2.38. The topological polar surface area (TPSA) is 127 Å². The first-order valence-corrected chi connectivity index (χ1v) is 14.3. The number of benzene rings is 2. The Bertz CT molecular complexity index is 1340. The molecule has 1 amide bonds. The van der Waals surface area contributed by atoms with Gasteiger partial charge < -0.3 is 10.1 Å². The molecule has 1 aliphatic heterocycles. The zero-order chi connectivity index (χ0) is 25.8. The van der Waals surface area contributed by atoms with E-state index in [1.54, 1.807) is 0 Å². The molecule has 1 heterocycles. The average Bonchev–Trinajstić information content (AvgIpc) is 3.14. The van der Waals surface area contributed by atoms with Gasteiger partial charge >= 0.3 is 5.97 Å². The van der Waals surface area contributed by atoms with E-state index >= 15 is 0 Å². The maximum absolute atomic E-state index is 13.4. The SMILES string of the molecule is C=CCN(c1ccc(Cl)cc1)S(=O)(=O)c1cc(C(=O)OCC(=O)N[C@@H]2CCS(=O)(=O)C2)ccc1Cl. The third-order valence-electron chi connectivity index (χ3n) is 5.08. The van der Waals surface area contributed by atoms with E-state index in [1.165, 1.54) is 42.5 Å². The minimum absolute atomic E-state index is 0.0152. The van der Waals surface area contributed by atoms with Crippen LogP contribution < -0.4 is 9.62 Å². The number of nitrogens with zero attached hydrogens (tertiary/aromatic N) is 1. The largest absolute Gasteiger partial charge is 0.452 e. The predicted molar refractivity (Wildman–Crippen MR) is 133 cm³/mol. The lowest BCUT2D eigenvalue weighted by molar-refractivity contribution is -0.124. The third-order valence-corrected chi connectivity index (χ3v) is 9.37. The van der Waals surface area contributed by atoms with Gasteiger partial charge in [0.2, 0.25) is 0 Å². The van der Waals surface area contributed by atoms with Crippen LogP contribution >= 0.6 is 23.2 Å². The minimum Gasteiger partial charge on any atom is -0.452 e. The van der Waals surface area contributed by atoms with Crippen LogP contribution in [-0.2, 0) is 29.4 Å². The van der Waals surface area contributed by atoms with Gasteiger partial charge in [0.15, 0.2) is 16.4 Å². The van der Waals surface area contributed by atoms with E-state index in [-0.39, 0.29) is 40.0 Å². The van der Waals surface area contributed by atoms with Crippen molar-refractivity contribution in [3.8, 4) is 0 Å². The van der Waals surface area contributed by atoms with Crippen LogP contribution in [0.25, 0.3) is 0 Å². The highest BCUT2D eigenvalue weighted by Crippen LogP contribution is 2.30. The maximum atomic E-state index is 13.4. The Balaban J connectivity index is 1.76. The van der Waals surface area contributed by atoms with Crippen molar-refractivity contribution in [2.75, 3.05) is 29.0 Å². The molecule has 2 aromatic carbocycles. The summed E-state index contributed by atoms with van der Waals surface area (Å²) in [7, 11) is -7.41. The molecule has 2 aromatic rings. The van der Waals surface area contributed by atoms with Gasteiger partial charge in [-0.2, -0.15) is 0 Å². The van der Waals surface area contributed by atoms with Gasteiger partial charge in [-0.3, -0.25) is 9.10 Å². The van der Waals surface area contributed by atoms with E-state index in [2.05, 4.69) is 11.9 Å². The van der Waals surface area contributed by atoms with Crippen molar-refractivity contribution in [3.05, 3.63) is 70.7 Å². The summed E-state index contributed by atoms with van der Waals surface area (Å²) in [6, 6.07) is 9.13. The van der Waals surface area contributed by atoms with Crippen LogP contribution in [0.3, 0.4) is 0 Å². The van der Waals surface area contributed by atoms with Crippen molar-refractivity contribution in [1.29, 1.82) is 0 Å². The molecule has 1 aliphatic rings. The fourth-order valence-corrected chi connectivity index (χ4v) is 7.14. The minimum atomic E-state index is -4.23. The van der Waals surface area contributed by atoms with E-state index in [0.29, 0.717) is 10.7 Å². The van der Waals surface area contributed by atoms with E-state index in [1.807, 2.05) is 0 Å². The van der Waals surface area contributed by atoms with Crippen LogP contribution in [0.15, 0.2) is 60.0 Å². The summed E-state index contributed by atoms with van der Waals surface area (Å²) in [5.41, 5.74) is 0.169. The van der Waals surface area contributed by atoms with Crippen LogP contribution in [0.2, 0.25) is 10.0 Å². The van der Waals surface area contributed by atoms with E-state index in [9.17, 15) is 26.4 Å². The number of hydrogen-bond donors (Lipinski definition) is 1. The smallest absolute Gasteiger partial charge is 0.338 e. The molecule has 0 radical (unpaired) electrons. The van der Waals surface area contributed by atoms with Crippen LogP contribution in [0, 0.1) is 0 Å². The predicted octanol–water partition coefficient (Wildman–Crippen LogP) is 2.83.